The van der Waals surface area contributed by atoms with Gasteiger partial charge in [0.2, 0.25) is 0 Å². The predicted octanol–water partition coefficient (Wildman–Crippen LogP) is 2.65. The maximum Gasteiger partial charge on any atom is 0.262 e. The Kier molecular flexibility index (Phi) is 2.57. The van der Waals surface area contributed by atoms with Crippen LogP contribution in [0.3, 0.4) is 0 Å². The number of anilines is 1. The van der Waals surface area contributed by atoms with Gasteiger partial charge in [0.25, 0.3) is 10.0 Å². The van der Waals surface area contributed by atoms with Crippen LogP contribution >= 0.6 is 0 Å². The summed E-state index contributed by atoms with van der Waals surface area (Å²) < 4.78 is 26.6. The molecule has 2 N–H and O–H groups in total. The van der Waals surface area contributed by atoms with E-state index in [9.17, 15) is 13.5 Å². The second-order valence-electron chi connectivity index (χ2n) is 4.25. The average molecular weight is 273 g/mol. The number of phenolic OH excluding ortho intramolecular Hbond substituents is 1. The van der Waals surface area contributed by atoms with Gasteiger partial charge < -0.3 is 5.11 Å². The smallest absolute Gasteiger partial charge is 0.262 e. The van der Waals surface area contributed by atoms with Crippen molar-refractivity contribution in [1.29, 1.82) is 0 Å². The molecule has 0 radical (unpaired) electrons. The molecule has 19 heavy (non-hydrogen) atoms. The van der Waals surface area contributed by atoms with Crippen molar-refractivity contribution in [2.45, 2.75) is 0 Å². The molecular weight excluding hydrogens is 262 g/mol. The van der Waals surface area contributed by atoms with E-state index in [1.807, 2.05) is 30.3 Å². The zero-order valence-electron chi connectivity index (χ0n) is 9.87. The topological polar surface area (TPSA) is 66.4 Å². The second kappa shape index (κ2) is 4.13. The van der Waals surface area contributed by atoms with Crippen molar-refractivity contribution >= 4 is 26.7 Å². The van der Waals surface area contributed by atoms with Crippen LogP contribution < -0.4 is 4.72 Å². The number of rotatable bonds is 1. The van der Waals surface area contributed by atoms with Gasteiger partial charge in [-0.2, -0.15) is 0 Å². The lowest BCUT2D eigenvalue weighted by atomic mass is 10.1. The lowest BCUT2D eigenvalue weighted by Gasteiger charge is -1.99. The van der Waals surface area contributed by atoms with Gasteiger partial charge in [-0.15, -0.1) is 0 Å². The van der Waals surface area contributed by atoms with E-state index in [0.29, 0.717) is 11.3 Å². The fraction of sp³-hybridized carbons (Fsp3) is 0. The Labute approximate surface area is 111 Å². The molecule has 0 unspecified atom stereocenters. The quantitative estimate of drug-likeness (QED) is 0.785. The van der Waals surface area contributed by atoms with E-state index in [1.54, 1.807) is 12.1 Å². The lowest BCUT2D eigenvalue weighted by Crippen LogP contribution is -2.05. The Hall–Kier alpha value is -2.27. The van der Waals surface area contributed by atoms with E-state index >= 15 is 0 Å². The molecule has 0 fully saturated rings. The van der Waals surface area contributed by atoms with Crippen molar-refractivity contribution in [3.05, 3.63) is 59.7 Å². The van der Waals surface area contributed by atoms with Crippen LogP contribution in [0.4, 0.5) is 5.69 Å². The van der Waals surface area contributed by atoms with E-state index in [0.717, 1.165) is 5.56 Å². The number of hydrogen-bond donors (Lipinski definition) is 2. The highest BCUT2D eigenvalue weighted by Gasteiger charge is 2.30. The summed E-state index contributed by atoms with van der Waals surface area (Å²) in [7, 11) is -3.56. The molecule has 1 aliphatic heterocycles. The Morgan fingerprint density at radius 3 is 2.53 bits per heavy atom. The van der Waals surface area contributed by atoms with Crippen LogP contribution in [0.2, 0.25) is 0 Å². The number of nitrogens with one attached hydrogen (secondary N) is 1. The van der Waals surface area contributed by atoms with E-state index in [1.165, 1.54) is 12.1 Å². The van der Waals surface area contributed by atoms with Gasteiger partial charge in [0, 0.05) is 5.56 Å². The molecule has 4 nitrogen and oxygen atoms in total. The first kappa shape index (κ1) is 11.8. The van der Waals surface area contributed by atoms with Crippen molar-refractivity contribution in [2.75, 3.05) is 4.72 Å². The van der Waals surface area contributed by atoms with Crippen LogP contribution in [0.5, 0.6) is 5.75 Å². The normalized spacial score (nSPS) is 18.0. The molecule has 5 heteroatoms. The van der Waals surface area contributed by atoms with Crippen molar-refractivity contribution in [2.24, 2.45) is 0 Å². The summed E-state index contributed by atoms with van der Waals surface area (Å²) in [6.45, 7) is 0. The molecule has 96 valence electrons. The summed E-state index contributed by atoms with van der Waals surface area (Å²) in [6, 6.07) is 13.6. The fourth-order valence-electron chi connectivity index (χ4n) is 2.03. The van der Waals surface area contributed by atoms with E-state index in [-0.39, 0.29) is 10.7 Å². The zero-order valence-corrected chi connectivity index (χ0v) is 10.7. The molecule has 0 saturated heterocycles. The second-order valence-corrected chi connectivity index (χ2v) is 5.91. The minimum atomic E-state index is -3.56. The number of sulfonamides is 1. The summed E-state index contributed by atoms with van der Waals surface area (Å²) in [5.41, 5.74) is 1.77. The van der Waals surface area contributed by atoms with Gasteiger partial charge in [-0.3, -0.25) is 4.72 Å². The maximum atomic E-state index is 12.1. The fourth-order valence-corrected chi connectivity index (χ4v) is 3.35. The Balaban J connectivity index is 2.21. The zero-order chi connectivity index (χ0) is 13.5. The molecule has 0 atom stereocenters. The first-order chi connectivity index (χ1) is 9.06. The summed E-state index contributed by atoms with van der Waals surface area (Å²) in [5, 5.41) is 9.50. The molecule has 0 saturated carbocycles. The largest absolute Gasteiger partial charge is 0.508 e. The highest BCUT2D eigenvalue weighted by Crippen LogP contribution is 2.39. The number of aromatic hydroxyl groups is 1. The Morgan fingerprint density at radius 1 is 1.05 bits per heavy atom. The molecule has 0 aromatic heterocycles. The third kappa shape index (κ3) is 2.08. The van der Waals surface area contributed by atoms with Crippen LogP contribution in [0, 0.1) is 0 Å². The van der Waals surface area contributed by atoms with Gasteiger partial charge >= 0.3 is 0 Å². The molecule has 3 rings (SSSR count). The van der Waals surface area contributed by atoms with Gasteiger partial charge in [-0.25, -0.2) is 8.42 Å². The SMILES string of the molecule is O=S1(=O)Nc2ccc(O)cc2C1=Cc1ccccc1. The Morgan fingerprint density at radius 2 is 1.79 bits per heavy atom. The average Bonchev–Trinajstić information content (AvgIpc) is 2.62. The maximum absolute atomic E-state index is 12.1. The molecule has 0 spiro atoms. The van der Waals surface area contributed by atoms with E-state index in [2.05, 4.69) is 4.72 Å². The summed E-state index contributed by atoms with van der Waals surface area (Å²) in [5.74, 6) is 0.0385. The minimum Gasteiger partial charge on any atom is -0.508 e. The minimum absolute atomic E-state index is 0.0385. The number of phenols is 1. The highest BCUT2D eigenvalue weighted by molar-refractivity contribution is 8.02. The van der Waals surface area contributed by atoms with Crippen LogP contribution in [0.1, 0.15) is 11.1 Å². The monoisotopic (exact) mass is 273 g/mol. The summed E-state index contributed by atoms with van der Waals surface area (Å²) in [6.07, 6.45) is 1.59. The lowest BCUT2D eigenvalue weighted by molar-refractivity contribution is 0.475. The van der Waals surface area contributed by atoms with Gasteiger partial charge in [0.1, 0.15) is 5.75 Å². The molecule has 0 amide bonds. The van der Waals surface area contributed by atoms with Crippen LogP contribution in [-0.2, 0) is 10.0 Å². The van der Waals surface area contributed by atoms with E-state index in [4.69, 9.17) is 0 Å². The number of benzene rings is 2. The van der Waals surface area contributed by atoms with Gasteiger partial charge in [0.05, 0.1) is 10.6 Å². The first-order valence-electron chi connectivity index (χ1n) is 5.69. The third-order valence-electron chi connectivity index (χ3n) is 2.90. The van der Waals surface area contributed by atoms with Gasteiger partial charge in [0.15, 0.2) is 0 Å². The molecule has 0 aliphatic carbocycles. The molecule has 0 bridgehead atoms. The van der Waals surface area contributed by atoms with Gasteiger partial charge in [-0.1, -0.05) is 30.3 Å². The molecule has 2 aromatic carbocycles. The number of fused-ring (bicyclic) bond motifs is 1. The highest BCUT2D eigenvalue weighted by atomic mass is 32.2. The molecule has 1 aliphatic rings. The van der Waals surface area contributed by atoms with Crippen LogP contribution in [-0.4, -0.2) is 13.5 Å². The molecular formula is C14H11NO3S. The third-order valence-corrected chi connectivity index (χ3v) is 4.31. The standard InChI is InChI=1S/C14H11NO3S/c16-11-6-7-13-12(9-11)14(19(17,18)15-13)8-10-4-2-1-3-5-10/h1-9,15-16H. The van der Waals surface area contributed by atoms with E-state index < -0.39 is 10.0 Å². The van der Waals surface area contributed by atoms with Crippen LogP contribution in [0.15, 0.2) is 48.5 Å². The molecule has 1 heterocycles. The van der Waals surface area contributed by atoms with Crippen LogP contribution in [0.25, 0.3) is 11.0 Å². The Bertz CT molecular complexity index is 765. The van der Waals surface area contributed by atoms with Crippen molar-refractivity contribution in [3.8, 4) is 5.75 Å². The van der Waals surface area contributed by atoms with Crippen molar-refractivity contribution in [3.63, 3.8) is 0 Å². The summed E-state index contributed by atoms with van der Waals surface area (Å²) in [4.78, 5) is 0.171. The predicted molar refractivity (Wildman–Crippen MR) is 75.0 cm³/mol. The first-order valence-corrected chi connectivity index (χ1v) is 7.17. The molecule has 2 aromatic rings. The van der Waals surface area contributed by atoms with Gasteiger partial charge in [-0.05, 0) is 29.8 Å². The van der Waals surface area contributed by atoms with Crippen molar-refractivity contribution < 1.29 is 13.5 Å². The number of hydrogen-bond acceptors (Lipinski definition) is 3. The summed E-state index contributed by atoms with van der Waals surface area (Å²) >= 11 is 0. The van der Waals surface area contributed by atoms with Crippen molar-refractivity contribution in [1.82, 2.24) is 0 Å².